The maximum absolute atomic E-state index is 6.08. The van der Waals surface area contributed by atoms with Crippen molar-refractivity contribution in [3.05, 3.63) is 44.2 Å². The second-order valence-corrected chi connectivity index (χ2v) is 6.34. The topological polar surface area (TPSA) is 50.9 Å². The number of rotatable bonds is 5. The first-order valence-corrected chi connectivity index (χ1v) is 7.99. The van der Waals surface area contributed by atoms with E-state index in [2.05, 4.69) is 51.5 Å². The fourth-order valence-electron chi connectivity index (χ4n) is 2.08. The Morgan fingerprint density at radius 3 is 2.89 bits per heavy atom. The van der Waals surface area contributed by atoms with Gasteiger partial charge in [0.2, 0.25) is 0 Å². The van der Waals surface area contributed by atoms with E-state index in [4.69, 9.17) is 5.73 Å². The van der Waals surface area contributed by atoms with Gasteiger partial charge in [0, 0.05) is 26.5 Å². The molecule has 102 valence electrons. The van der Waals surface area contributed by atoms with Gasteiger partial charge in [-0.05, 0) is 53.5 Å². The maximum Gasteiger partial charge on any atom is 0.128 e. The van der Waals surface area contributed by atoms with Crippen LogP contribution in [0.3, 0.4) is 0 Å². The minimum Gasteiger partial charge on any atom is -0.383 e. The van der Waals surface area contributed by atoms with E-state index >= 15 is 0 Å². The molecule has 3 nitrogen and oxygen atoms in total. The SMILES string of the molecule is CCCNC(c1cc(Br)cs1)c1c(C)ccnc1N. The molecule has 0 aliphatic heterocycles. The van der Waals surface area contributed by atoms with Crippen LogP contribution in [0.5, 0.6) is 0 Å². The standard InChI is InChI=1S/C14H18BrN3S/c1-3-5-17-13(11-7-10(15)8-19-11)12-9(2)4-6-18-14(12)16/h4,6-8,13,17H,3,5H2,1-2H3,(H2,16,18). The second kappa shape index (κ2) is 6.50. The molecule has 0 saturated heterocycles. The van der Waals surface area contributed by atoms with E-state index in [9.17, 15) is 0 Å². The summed E-state index contributed by atoms with van der Waals surface area (Å²) < 4.78 is 1.11. The first-order chi connectivity index (χ1) is 9.13. The van der Waals surface area contributed by atoms with E-state index in [0.717, 1.165) is 23.0 Å². The first-order valence-electron chi connectivity index (χ1n) is 6.31. The van der Waals surface area contributed by atoms with Crippen LogP contribution in [0.15, 0.2) is 28.2 Å². The predicted molar refractivity (Wildman–Crippen MR) is 85.5 cm³/mol. The number of aromatic nitrogens is 1. The Kier molecular flexibility index (Phi) is 4.96. The lowest BCUT2D eigenvalue weighted by Gasteiger charge is -2.20. The zero-order valence-electron chi connectivity index (χ0n) is 11.1. The molecule has 0 fully saturated rings. The summed E-state index contributed by atoms with van der Waals surface area (Å²) in [5.74, 6) is 0.609. The summed E-state index contributed by atoms with van der Waals surface area (Å²) in [5.41, 5.74) is 8.34. The number of nitrogens with zero attached hydrogens (tertiary/aromatic N) is 1. The van der Waals surface area contributed by atoms with Crippen molar-refractivity contribution >= 4 is 33.1 Å². The minimum absolute atomic E-state index is 0.116. The van der Waals surface area contributed by atoms with E-state index < -0.39 is 0 Å². The number of pyridine rings is 1. The van der Waals surface area contributed by atoms with Crippen LogP contribution in [0.25, 0.3) is 0 Å². The minimum atomic E-state index is 0.116. The molecule has 0 radical (unpaired) electrons. The molecule has 0 saturated carbocycles. The van der Waals surface area contributed by atoms with Crippen LogP contribution in [-0.4, -0.2) is 11.5 Å². The van der Waals surface area contributed by atoms with Gasteiger partial charge in [0.15, 0.2) is 0 Å². The normalized spacial score (nSPS) is 12.6. The Hall–Kier alpha value is -0.910. The molecule has 1 unspecified atom stereocenters. The molecule has 2 aromatic rings. The summed E-state index contributed by atoms with van der Waals surface area (Å²) in [4.78, 5) is 5.48. The quantitative estimate of drug-likeness (QED) is 0.868. The highest BCUT2D eigenvalue weighted by molar-refractivity contribution is 9.10. The smallest absolute Gasteiger partial charge is 0.128 e. The molecule has 0 amide bonds. The van der Waals surface area contributed by atoms with E-state index in [1.165, 1.54) is 10.4 Å². The molecule has 5 heteroatoms. The van der Waals surface area contributed by atoms with Gasteiger partial charge in [-0.15, -0.1) is 11.3 Å². The van der Waals surface area contributed by atoms with Crippen LogP contribution in [0.1, 0.15) is 35.4 Å². The Morgan fingerprint density at radius 1 is 1.53 bits per heavy atom. The highest BCUT2D eigenvalue weighted by atomic mass is 79.9. The lowest BCUT2D eigenvalue weighted by molar-refractivity contribution is 0.603. The highest BCUT2D eigenvalue weighted by Crippen LogP contribution is 2.33. The van der Waals surface area contributed by atoms with Crippen LogP contribution >= 0.6 is 27.3 Å². The van der Waals surface area contributed by atoms with E-state index in [0.29, 0.717) is 5.82 Å². The van der Waals surface area contributed by atoms with Gasteiger partial charge in [0.25, 0.3) is 0 Å². The molecule has 0 aromatic carbocycles. The summed E-state index contributed by atoms with van der Waals surface area (Å²) in [6.45, 7) is 5.19. The molecule has 3 N–H and O–H groups in total. The predicted octanol–water partition coefficient (Wildman–Crippen LogP) is 3.89. The average Bonchev–Trinajstić information content (AvgIpc) is 2.79. The zero-order chi connectivity index (χ0) is 13.8. The Morgan fingerprint density at radius 2 is 2.32 bits per heavy atom. The Balaban J connectivity index is 2.42. The summed E-state index contributed by atoms with van der Waals surface area (Å²) in [7, 11) is 0. The number of thiophene rings is 1. The van der Waals surface area contributed by atoms with Crippen LogP contribution < -0.4 is 11.1 Å². The van der Waals surface area contributed by atoms with Crippen molar-refractivity contribution in [3.63, 3.8) is 0 Å². The monoisotopic (exact) mass is 339 g/mol. The van der Waals surface area contributed by atoms with Gasteiger partial charge >= 0.3 is 0 Å². The number of anilines is 1. The van der Waals surface area contributed by atoms with E-state index in [1.54, 1.807) is 17.5 Å². The van der Waals surface area contributed by atoms with Crippen molar-refractivity contribution in [1.82, 2.24) is 10.3 Å². The molecule has 2 aromatic heterocycles. The number of aryl methyl sites for hydroxylation is 1. The van der Waals surface area contributed by atoms with Crippen LogP contribution in [0, 0.1) is 6.92 Å². The molecule has 19 heavy (non-hydrogen) atoms. The van der Waals surface area contributed by atoms with E-state index in [1.807, 2.05) is 6.07 Å². The van der Waals surface area contributed by atoms with E-state index in [-0.39, 0.29) is 6.04 Å². The zero-order valence-corrected chi connectivity index (χ0v) is 13.5. The molecule has 2 heterocycles. The molecule has 0 aliphatic rings. The largest absolute Gasteiger partial charge is 0.383 e. The maximum atomic E-state index is 6.08. The molecular formula is C14H18BrN3S. The lowest BCUT2D eigenvalue weighted by Crippen LogP contribution is -2.24. The molecule has 1 atom stereocenters. The Labute approximate surface area is 126 Å². The fraction of sp³-hybridized carbons (Fsp3) is 0.357. The van der Waals surface area contributed by atoms with Gasteiger partial charge in [0.05, 0.1) is 6.04 Å². The number of nitrogen functional groups attached to an aromatic ring is 1. The number of hydrogen-bond donors (Lipinski definition) is 2. The Bertz CT molecular complexity index is 533. The number of hydrogen-bond acceptors (Lipinski definition) is 4. The van der Waals surface area contributed by atoms with Gasteiger partial charge in [-0.3, -0.25) is 0 Å². The van der Waals surface area contributed by atoms with Crippen molar-refractivity contribution < 1.29 is 0 Å². The molecule has 2 rings (SSSR count). The van der Waals surface area contributed by atoms with Crippen LogP contribution in [-0.2, 0) is 0 Å². The number of nitrogens with two attached hydrogens (primary N) is 1. The third kappa shape index (κ3) is 3.35. The van der Waals surface area contributed by atoms with Crippen LogP contribution in [0.4, 0.5) is 5.82 Å². The average molecular weight is 340 g/mol. The van der Waals surface area contributed by atoms with Gasteiger partial charge in [-0.2, -0.15) is 0 Å². The fourth-order valence-corrected chi connectivity index (χ4v) is 3.61. The summed E-state index contributed by atoms with van der Waals surface area (Å²) in [6.07, 6.45) is 2.84. The second-order valence-electron chi connectivity index (χ2n) is 4.48. The number of nitrogens with one attached hydrogen (secondary N) is 1. The van der Waals surface area contributed by atoms with Crippen molar-refractivity contribution in [1.29, 1.82) is 0 Å². The summed E-state index contributed by atoms with van der Waals surface area (Å²) in [5, 5.41) is 5.66. The third-order valence-corrected chi connectivity index (χ3v) is 4.76. The van der Waals surface area contributed by atoms with Crippen molar-refractivity contribution in [2.24, 2.45) is 0 Å². The van der Waals surface area contributed by atoms with Crippen molar-refractivity contribution in [2.45, 2.75) is 26.3 Å². The van der Waals surface area contributed by atoms with Gasteiger partial charge in [0.1, 0.15) is 5.82 Å². The first kappa shape index (κ1) is 14.5. The van der Waals surface area contributed by atoms with Crippen molar-refractivity contribution in [3.8, 4) is 0 Å². The third-order valence-electron chi connectivity index (χ3n) is 3.00. The van der Waals surface area contributed by atoms with Crippen LogP contribution in [0.2, 0.25) is 0 Å². The number of halogens is 1. The molecule has 0 aliphatic carbocycles. The summed E-state index contributed by atoms with van der Waals surface area (Å²) in [6, 6.07) is 4.27. The lowest BCUT2D eigenvalue weighted by atomic mass is 10.0. The molecule has 0 spiro atoms. The van der Waals surface area contributed by atoms with Gasteiger partial charge in [-0.25, -0.2) is 4.98 Å². The van der Waals surface area contributed by atoms with Crippen molar-refractivity contribution in [2.75, 3.05) is 12.3 Å². The van der Waals surface area contributed by atoms with Gasteiger partial charge in [-0.1, -0.05) is 6.92 Å². The van der Waals surface area contributed by atoms with Gasteiger partial charge < -0.3 is 11.1 Å². The molecule has 0 bridgehead atoms. The molecular weight excluding hydrogens is 322 g/mol. The summed E-state index contributed by atoms with van der Waals surface area (Å²) >= 11 is 5.24. The highest BCUT2D eigenvalue weighted by Gasteiger charge is 2.20.